The molecule has 0 radical (unpaired) electrons. The van der Waals surface area contributed by atoms with Crippen LogP contribution in [0.15, 0.2) is 58.7 Å². The molecule has 6 nitrogen and oxygen atoms in total. The first-order valence-corrected chi connectivity index (χ1v) is 10.4. The van der Waals surface area contributed by atoms with E-state index in [9.17, 15) is 9.59 Å². The molecular weight excluding hydrogens is 431 g/mol. The number of carbonyl (C=O) groups is 2. The standard InChI is InChI=1S/C20H20Cl2N4O2S/c1-13(19(27)25-23-11-15-7-3-5-9-17(15)21)29-14(2)20(28)26-24-12-16-8-4-6-10-18(16)22/h3-14H,1-2H3,(H,25,27)(H,26,28)/b23-11-,24-12+. The van der Waals surface area contributed by atoms with Crippen LogP contribution in [0.1, 0.15) is 25.0 Å². The minimum atomic E-state index is -0.494. The summed E-state index contributed by atoms with van der Waals surface area (Å²) in [7, 11) is 0. The molecule has 0 heterocycles. The summed E-state index contributed by atoms with van der Waals surface area (Å²) in [6, 6.07) is 14.3. The van der Waals surface area contributed by atoms with Gasteiger partial charge in [-0.15, -0.1) is 11.8 Å². The molecule has 0 aliphatic carbocycles. The van der Waals surface area contributed by atoms with E-state index in [1.807, 2.05) is 24.3 Å². The molecule has 0 bridgehead atoms. The Hall–Kier alpha value is -2.35. The van der Waals surface area contributed by atoms with Crippen molar-refractivity contribution < 1.29 is 9.59 Å². The maximum atomic E-state index is 12.2. The van der Waals surface area contributed by atoms with Gasteiger partial charge in [0.05, 0.1) is 22.9 Å². The van der Waals surface area contributed by atoms with E-state index in [2.05, 4.69) is 21.1 Å². The molecule has 9 heteroatoms. The van der Waals surface area contributed by atoms with Gasteiger partial charge in [0.2, 0.25) is 0 Å². The van der Waals surface area contributed by atoms with Gasteiger partial charge in [0.15, 0.2) is 0 Å². The van der Waals surface area contributed by atoms with Gasteiger partial charge >= 0.3 is 0 Å². The fourth-order valence-corrected chi connectivity index (χ4v) is 3.44. The first-order valence-electron chi connectivity index (χ1n) is 8.69. The van der Waals surface area contributed by atoms with Gasteiger partial charge < -0.3 is 0 Å². The number of amides is 2. The van der Waals surface area contributed by atoms with Crippen LogP contribution < -0.4 is 10.9 Å². The van der Waals surface area contributed by atoms with Crippen molar-refractivity contribution in [2.45, 2.75) is 24.3 Å². The molecule has 2 aromatic rings. The average Bonchev–Trinajstić information content (AvgIpc) is 2.70. The van der Waals surface area contributed by atoms with Crippen LogP contribution in [0, 0.1) is 0 Å². The highest BCUT2D eigenvalue weighted by molar-refractivity contribution is 8.01. The third-order valence-electron chi connectivity index (χ3n) is 3.71. The van der Waals surface area contributed by atoms with Crippen molar-refractivity contribution in [2.75, 3.05) is 0 Å². The maximum Gasteiger partial charge on any atom is 0.252 e. The highest BCUT2D eigenvalue weighted by Crippen LogP contribution is 2.18. The van der Waals surface area contributed by atoms with Crippen molar-refractivity contribution >= 4 is 59.2 Å². The lowest BCUT2D eigenvalue weighted by atomic mass is 10.2. The number of nitrogens with one attached hydrogen (secondary N) is 2. The molecule has 2 aromatic carbocycles. The van der Waals surface area contributed by atoms with Gasteiger partial charge in [0.1, 0.15) is 0 Å². The number of hydrogen-bond acceptors (Lipinski definition) is 5. The minimum Gasteiger partial charge on any atom is -0.272 e. The van der Waals surface area contributed by atoms with Crippen LogP contribution in [0.25, 0.3) is 0 Å². The summed E-state index contributed by atoms with van der Waals surface area (Å²) in [4.78, 5) is 24.3. The normalized spacial score (nSPS) is 13.4. The van der Waals surface area contributed by atoms with Crippen LogP contribution in [0.3, 0.4) is 0 Å². The molecule has 0 saturated carbocycles. The van der Waals surface area contributed by atoms with E-state index in [1.165, 1.54) is 24.2 Å². The highest BCUT2D eigenvalue weighted by Gasteiger charge is 2.21. The summed E-state index contributed by atoms with van der Waals surface area (Å²) >= 11 is 13.2. The molecule has 2 unspecified atom stereocenters. The predicted molar refractivity (Wildman–Crippen MR) is 121 cm³/mol. The largest absolute Gasteiger partial charge is 0.272 e. The first kappa shape index (κ1) is 22.9. The maximum absolute atomic E-state index is 12.2. The molecule has 2 N–H and O–H groups in total. The molecule has 0 aromatic heterocycles. The molecule has 0 fully saturated rings. The van der Waals surface area contributed by atoms with E-state index in [-0.39, 0.29) is 11.8 Å². The summed E-state index contributed by atoms with van der Waals surface area (Å²) in [6.45, 7) is 3.39. The van der Waals surface area contributed by atoms with Crippen molar-refractivity contribution in [1.82, 2.24) is 10.9 Å². The second-order valence-electron chi connectivity index (χ2n) is 5.93. The second kappa shape index (κ2) is 11.6. The van der Waals surface area contributed by atoms with Crippen molar-refractivity contribution in [3.63, 3.8) is 0 Å². The number of benzene rings is 2. The van der Waals surface area contributed by atoms with E-state index < -0.39 is 10.5 Å². The molecule has 0 saturated heterocycles. The summed E-state index contributed by atoms with van der Waals surface area (Å²) in [5.74, 6) is -0.643. The van der Waals surface area contributed by atoms with Gasteiger partial charge in [-0.25, -0.2) is 10.9 Å². The molecule has 0 spiro atoms. The van der Waals surface area contributed by atoms with Crippen LogP contribution in [-0.4, -0.2) is 34.7 Å². The third-order valence-corrected chi connectivity index (χ3v) is 5.65. The molecule has 0 aliphatic heterocycles. The molecule has 152 valence electrons. The van der Waals surface area contributed by atoms with E-state index in [0.717, 1.165) is 0 Å². The predicted octanol–water partition coefficient (Wildman–Crippen LogP) is 4.10. The molecular formula is C20H20Cl2N4O2S. The average molecular weight is 451 g/mol. The molecule has 2 atom stereocenters. The number of hydrazone groups is 2. The lowest BCUT2D eigenvalue weighted by Gasteiger charge is -2.14. The molecule has 0 aliphatic rings. The lowest BCUT2D eigenvalue weighted by molar-refractivity contribution is -0.120. The second-order valence-corrected chi connectivity index (χ2v) is 8.43. The van der Waals surface area contributed by atoms with Crippen LogP contribution in [-0.2, 0) is 9.59 Å². The van der Waals surface area contributed by atoms with Gasteiger partial charge in [-0.3, -0.25) is 9.59 Å². The van der Waals surface area contributed by atoms with E-state index in [1.54, 1.807) is 38.1 Å². The minimum absolute atomic E-state index is 0.322. The Morgan fingerprint density at radius 1 is 0.828 bits per heavy atom. The SMILES string of the molecule is CC(SC(C)C(=O)N/N=C/c1ccccc1Cl)C(=O)N/N=C\c1ccccc1Cl. The van der Waals surface area contributed by atoms with Crippen molar-refractivity contribution in [3.05, 3.63) is 69.7 Å². The number of halogens is 2. The van der Waals surface area contributed by atoms with Gasteiger partial charge in [-0.2, -0.15) is 10.2 Å². The quantitative estimate of drug-likeness (QED) is 0.468. The Morgan fingerprint density at radius 2 is 1.21 bits per heavy atom. The van der Waals surface area contributed by atoms with Gasteiger partial charge in [-0.05, 0) is 26.0 Å². The van der Waals surface area contributed by atoms with Crippen molar-refractivity contribution in [3.8, 4) is 0 Å². The van der Waals surface area contributed by atoms with Gasteiger partial charge in [-0.1, -0.05) is 59.6 Å². The number of carbonyl (C=O) groups excluding carboxylic acids is 2. The van der Waals surface area contributed by atoms with E-state index >= 15 is 0 Å². The number of rotatable bonds is 8. The van der Waals surface area contributed by atoms with Crippen molar-refractivity contribution in [1.29, 1.82) is 0 Å². The summed E-state index contributed by atoms with van der Waals surface area (Å²) in [6.07, 6.45) is 2.94. The Morgan fingerprint density at radius 3 is 1.59 bits per heavy atom. The smallest absolute Gasteiger partial charge is 0.252 e. The fraction of sp³-hybridized carbons (Fsp3) is 0.200. The number of nitrogens with zero attached hydrogens (tertiary/aromatic N) is 2. The number of hydrogen-bond donors (Lipinski definition) is 2. The summed E-state index contributed by atoms with van der Waals surface area (Å²) in [5, 5.41) is 7.90. The summed E-state index contributed by atoms with van der Waals surface area (Å²) < 4.78 is 0. The van der Waals surface area contributed by atoms with Crippen LogP contribution in [0.4, 0.5) is 0 Å². The van der Waals surface area contributed by atoms with E-state index in [0.29, 0.717) is 21.2 Å². The fourth-order valence-electron chi connectivity index (χ4n) is 2.10. The Kier molecular flexibility index (Phi) is 9.18. The third kappa shape index (κ3) is 7.53. The Labute approximate surface area is 183 Å². The van der Waals surface area contributed by atoms with Crippen LogP contribution in [0.5, 0.6) is 0 Å². The highest BCUT2D eigenvalue weighted by atomic mass is 35.5. The van der Waals surface area contributed by atoms with Gasteiger partial charge in [0, 0.05) is 21.2 Å². The van der Waals surface area contributed by atoms with Gasteiger partial charge in [0.25, 0.3) is 11.8 Å². The Balaban J connectivity index is 1.80. The molecule has 2 amide bonds. The Bertz CT molecular complexity index is 847. The first-order chi connectivity index (χ1) is 13.9. The molecule has 29 heavy (non-hydrogen) atoms. The van der Waals surface area contributed by atoms with Crippen molar-refractivity contribution in [2.24, 2.45) is 10.2 Å². The zero-order chi connectivity index (χ0) is 21.2. The monoisotopic (exact) mass is 450 g/mol. The zero-order valence-electron chi connectivity index (χ0n) is 15.8. The van der Waals surface area contributed by atoms with Crippen LogP contribution >= 0.6 is 35.0 Å². The summed E-state index contributed by atoms with van der Waals surface area (Å²) in [5.41, 5.74) is 6.28. The zero-order valence-corrected chi connectivity index (χ0v) is 18.1. The lowest BCUT2D eigenvalue weighted by Crippen LogP contribution is -2.33. The number of thioether (sulfide) groups is 1. The molecule has 2 rings (SSSR count). The van der Waals surface area contributed by atoms with E-state index in [4.69, 9.17) is 23.2 Å². The topological polar surface area (TPSA) is 82.9 Å². The van der Waals surface area contributed by atoms with Crippen LogP contribution in [0.2, 0.25) is 10.0 Å².